The number of amides is 1. The van der Waals surface area contributed by atoms with Crippen LogP contribution in [-0.2, 0) is 13.0 Å². The molecule has 3 heteroatoms. The second-order valence-corrected chi connectivity index (χ2v) is 6.83. The van der Waals surface area contributed by atoms with Gasteiger partial charge in [-0.05, 0) is 36.5 Å². The van der Waals surface area contributed by atoms with Crippen molar-refractivity contribution in [2.75, 3.05) is 13.1 Å². The Bertz CT molecular complexity index is 703. The number of nitrogens with one attached hydrogen (secondary N) is 1. The summed E-state index contributed by atoms with van der Waals surface area (Å²) in [6.45, 7) is 3.08. The molecule has 0 saturated carbocycles. The lowest BCUT2D eigenvalue weighted by Crippen LogP contribution is -2.58. The van der Waals surface area contributed by atoms with Crippen molar-refractivity contribution < 1.29 is 4.79 Å². The van der Waals surface area contributed by atoms with Crippen molar-refractivity contribution in [3.8, 4) is 0 Å². The first kappa shape index (κ1) is 14.5. The van der Waals surface area contributed by atoms with E-state index in [2.05, 4.69) is 46.6 Å². The Morgan fingerprint density at radius 1 is 0.957 bits per heavy atom. The third-order valence-corrected chi connectivity index (χ3v) is 5.23. The van der Waals surface area contributed by atoms with Gasteiger partial charge in [-0.25, -0.2) is 0 Å². The summed E-state index contributed by atoms with van der Waals surface area (Å²) >= 11 is 0. The second-order valence-electron chi connectivity index (χ2n) is 6.83. The molecular formula is C20H22N2O. The number of piperidine rings is 1. The number of nitrogens with zero attached hydrogens (tertiary/aromatic N) is 1. The summed E-state index contributed by atoms with van der Waals surface area (Å²) in [7, 11) is 0. The average Bonchev–Trinajstić information content (AvgIpc) is 2.58. The van der Waals surface area contributed by atoms with Gasteiger partial charge >= 0.3 is 0 Å². The molecule has 2 aromatic rings. The molecule has 2 heterocycles. The van der Waals surface area contributed by atoms with Crippen molar-refractivity contribution in [3.63, 3.8) is 0 Å². The molecule has 1 amide bonds. The molecule has 0 unspecified atom stereocenters. The third-order valence-electron chi connectivity index (χ3n) is 5.23. The topological polar surface area (TPSA) is 32.3 Å². The Balaban J connectivity index is 1.44. The SMILES string of the molecule is O=C1NC2(CCN(Cc3ccccc3)CC2)Cc2ccccc21. The van der Waals surface area contributed by atoms with Gasteiger partial charge in [-0.1, -0.05) is 48.5 Å². The van der Waals surface area contributed by atoms with E-state index in [4.69, 9.17) is 0 Å². The fraction of sp³-hybridized carbons (Fsp3) is 0.350. The van der Waals surface area contributed by atoms with Crippen LogP contribution in [0.4, 0.5) is 0 Å². The standard InChI is InChI=1S/C20H22N2O/c23-19-18-9-5-4-8-17(18)14-20(21-19)10-12-22(13-11-20)15-16-6-2-1-3-7-16/h1-9H,10-15H2,(H,21,23). The Kier molecular flexibility index (Phi) is 3.66. The molecule has 2 aliphatic rings. The minimum absolute atomic E-state index is 0.0430. The monoisotopic (exact) mass is 306 g/mol. The molecule has 0 aliphatic carbocycles. The molecule has 0 radical (unpaired) electrons. The molecule has 1 N–H and O–H groups in total. The van der Waals surface area contributed by atoms with Crippen LogP contribution in [0.15, 0.2) is 54.6 Å². The van der Waals surface area contributed by atoms with Crippen LogP contribution in [-0.4, -0.2) is 29.4 Å². The molecule has 1 spiro atoms. The first-order valence-electron chi connectivity index (χ1n) is 8.41. The maximum absolute atomic E-state index is 12.4. The molecule has 0 atom stereocenters. The van der Waals surface area contributed by atoms with E-state index in [0.29, 0.717) is 0 Å². The first-order valence-corrected chi connectivity index (χ1v) is 8.41. The van der Waals surface area contributed by atoms with E-state index >= 15 is 0 Å². The van der Waals surface area contributed by atoms with E-state index in [0.717, 1.165) is 44.5 Å². The Morgan fingerprint density at radius 2 is 1.65 bits per heavy atom. The summed E-state index contributed by atoms with van der Waals surface area (Å²) in [5.41, 5.74) is 3.37. The molecule has 3 nitrogen and oxygen atoms in total. The smallest absolute Gasteiger partial charge is 0.252 e. The highest BCUT2D eigenvalue weighted by molar-refractivity contribution is 5.97. The minimum Gasteiger partial charge on any atom is -0.346 e. The van der Waals surface area contributed by atoms with Gasteiger partial charge in [0.15, 0.2) is 0 Å². The number of carbonyl (C=O) groups excluding carboxylic acids is 1. The number of hydrogen-bond donors (Lipinski definition) is 1. The summed E-state index contributed by atoms with van der Waals surface area (Å²) < 4.78 is 0. The van der Waals surface area contributed by atoms with Crippen molar-refractivity contribution in [3.05, 3.63) is 71.3 Å². The van der Waals surface area contributed by atoms with Crippen LogP contribution in [0.5, 0.6) is 0 Å². The van der Waals surface area contributed by atoms with Gasteiger partial charge in [0.25, 0.3) is 5.91 Å². The van der Waals surface area contributed by atoms with E-state index in [-0.39, 0.29) is 11.4 Å². The Hall–Kier alpha value is -2.13. The number of rotatable bonds is 2. The van der Waals surface area contributed by atoms with E-state index in [9.17, 15) is 4.79 Å². The van der Waals surface area contributed by atoms with Crippen LogP contribution in [0.1, 0.15) is 34.3 Å². The van der Waals surface area contributed by atoms with E-state index in [1.807, 2.05) is 18.2 Å². The molecule has 1 saturated heterocycles. The Morgan fingerprint density at radius 3 is 2.43 bits per heavy atom. The highest BCUT2D eigenvalue weighted by Gasteiger charge is 2.40. The van der Waals surface area contributed by atoms with Gasteiger partial charge < -0.3 is 5.32 Å². The molecular weight excluding hydrogens is 284 g/mol. The van der Waals surface area contributed by atoms with E-state index < -0.39 is 0 Å². The fourth-order valence-corrected chi connectivity index (χ4v) is 3.90. The van der Waals surface area contributed by atoms with Gasteiger partial charge in [0.1, 0.15) is 0 Å². The van der Waals surface area contributed by atoms with E-state index in [1.54, 1.807) is 0 Å². The van der Waals surface area contributed by atoms with Crippen LogP contribution < -0.4 is 5.32 Å². The normalized spacial score (nSPS) is 20.1. The zero-order valence-electron chi connectivity index (χ0n) is 13.3. The summed E-state index contributed by atoms with van der Waals surface area (Å²) in [5.74, 6) is 0.100. The van der Waals surface area contributed by atoms with Gasteiger partial charge in [0.05, 0.1) is 0 Å². The van der Waals surface area contributed by atoms with Crippen molar-refractivity contribution in [2.24, 2.45) is 0 Å². The molecule has 1 fully saturated rings. The maximum atomic E-state index is 12.4. The van der Waals surface area contributed by atoms with Crippen LogP contribution in [0.25, 0.3) is 0 Å². The summed E-state index contributed by atoms with van der Waals surface area (Å²) in [5, 5.41) is 3.31. The summed E-state index contributed by atoms with van der Waals surface area (Å²) in [4.78, 5) is 14.9. The number of likely N-dealkylation sites (tertiary alicyclic amines) is 1. The van der Waals surface area contributed by atoms with E-state index in [1.165, 1.54) is 11.1 Å². The molecule has 2 aromatic carbocycles. The van der Waals surface area contributed by atoms with Gasteiger partial charge in [0, 0.05) is 30.7 Å². The van der Waals surface area contributed by atoms with Gasteiger partial charge in [-0.3, -0.25) is 9.69 Å². The lowest BCUT2D eigenvalue weighted by molar-refractivity contribution is 0.0767. The molecule has 118 valence electrons. The molecule has 23 heavy (non-hydrogen) atoms. The largest absolute Gasteiger partial charge is 0.346 e. The van der Waals surface area contributed by atoms with Gasteiger partial charge in [-0.15, -0.1) is 0 Å². The second kappa shape index (κ2) is 5.82. The summed E-state index contributed by atoms with van der Waals surface area (Å²) in [6.07, 6.45) is 3.02. The van der Waals surface area contributed by atoms with Crippen LogP contribution >= 0.6 is 0 Å². The third kappa shape index (κ3) is 2.89. The average molecular weight is 306 g/mol. The summed E-state index contributed by atoms with van der Waals surface area (Å²) in [6, 6.07) is 18.6. The van der Waals surface area contributed by atoms with Crippen LogP contribution in [0, 0.1) is 0 Å². The highest BCUT2D eigenvalue weighted by atomic mass is 16.1. The highest BCUT2D eigenvalue weighted by Crippen LogP contribution is 2.32. The number of hydrogen-bond acceptors (Lipinski definition) is 2. The lowest BCUT2D eigenvalue weighted by atomic mass is 9.77. The minimum atomic E-state index is -0.0430. The zero-order valence-corrected chi connectivity index (χ0v) is 13.3. The maximum Gasteiger partial charge on any atom is 0.252 e. The van der Waals surface area contributed by atoms with Crippen LogP contribution in [0.2, 0.25) is 0 Å². The molecule has 2 aliphatic heterocycles. The van der Waals surface area contributed by atoms with Crippen molar-refractivity contribution in [1.29, 1.82) is 0 Å². The lowest BCUT2D eigenvalue weighted by Gasteiger charge is -2.45. The number of fused-ring (bicyclic) bond motifs is 1. The number of benzene rings is 2. The molecule has 0 aromatic heterocycles. The van der Waals surface area contributed by atoms with Crippen molar-refractivity contribution in [2.45, 2.75) is 31.3 Å². The first-order chi connectivity index (χ1) is 11.2. The number of carbonyl (C=O) groups is 1. The van der Waals surface area contributed by atoms with Crippen molar-refractivity contribution >= 4 is 5.91 Å². The van der Waals surface area contributed by atoms with Crippen LogP contribution in [0.3, 0.4) is 0 Å². The van der Waals surface area contributed by atoms with Gasteiger partial charge in [0.2, 0.25) is 0 Å². The molecule has 4 rings (SSSR count). The zero-order chi connectivity index (χ0) is 15.7. The predicted molar refractivity (Wildman–Crippen MR) is 91.3 cm³/mol. The van der Waals surface area contributed by atoms with Gasteiger partial charge in [-0.2, -0.15) is 0 Å². The quantitative estimate of drug-likeness (QED) is 0.925. The Labute approximate surface area is 137 Å². The predicted octanol–water partition coefficient (Wildman–Crippen LogP) is 3.01. The van der Waals surface area contributed by atoms with Crippen molar-refractivity contribution in [1.82, 2.24) is 10.2 Å². The molecule has 0 bridgehead atoms. The fourth-order valence-electron chi connectivity index (χ4n) is 3.90.